The van der Waals surface area contributed by atoms with E-state index in [2.05, 4.69) is 34.9 Å². The molecule has 2 aliphatic heterocycles. The van der Waals surface area contributed by atoms with Crippen LogP contribution in [0.25, 0.3) is 22.2 Å². The van der Waals surface area contributed by atoms with Crippen molar-refractivity contribution in [3.8, 4) is 23.0 Å². The first kappa shape index (κ1) is 36.3. The molecule has 0 unspecified atom stereocenters. The molecule has 0 saturated carbocycles. The molecule has 7 rings (SSSR count). The Morgan fingerprint density at radius 3 is 2.09 bits per heavy atom. The van der Waals surface area contributed by atoms with E-state index in [-0.39, 0.29) is 6.09 Å². The lowest BCUT2D eigenvalue weighted by atomic mass is 9.89. The Kier molecular flexibility index (Phi) is 10.9. The maximum absolute atomic E-state index is 12.6. The van der Waals surface area contributed by atoms with E-state index in [1.807, 2.05) is 110 Å². The van der Waals surface area contributed by atoms with Gasteiger partial charge in [-0.2, -0.15) is 10.1 Å². The molecule has 1 atom stereocenters. The van der Waals surface area contributed by atoms with Crippen LogP contribution in [0.1, 0.15) is 51.7 Å². The van der Waals surface area contributed by atoms with Crippen molar-refractivity contribution in [2.24, 2.45) is 13.0 Å². The first-order valence-electron chi connectivity index (χ1n) is 18.9. The summed E-state index contributed by atoms with van der Waals surface area (Å²) in [5.74, 6) is 1.57. The fraction of sp³-hybridized carbons (Fsp3) is 0.419. The quantitative estimate of drug-likeness (QED) is 0.144. The highest BCUT2D eigenvalue weighted by molar-refractivity contribution is 5.96. The van der Waals surface area contributed by atoms with Gasteiger partial charge in [0.25, 0.3) is 0 Å². The van der Waals surface area contributed by atoms with Gasteiger partial charge in [0, 0.05) is 69.5 Å². The highest BCUT2D eigenvalue weighted by Crippen LogP contribution is 2.37. The van der Waals surface area contributed by atoms with E-state index in [4.69, 9.17) is 24.3 Å². The Balaban J connectivity index is 1.03. The lowest BCUT2D eigenvalue weighted by Gasteiger charge is -2.43. The largest absolute Gasteiger partial charge is 0.473 e. The van der Waals surface area contributed by atoms with Gasteiger partial charge in [0.15, 0.2) is 0 Å². The summed E-state index contributed by atoms with van der Waals surface area (Å²) in [5, 5.41) is 6.05. The topological polar surface area (TPSA) is 85.2 Å². The number of likely N-dealkylation sites (tertiary alicyclic amines) is 1. The van der Waals surface area contributed by atoms with Gasteiger partial charge in [-0.1, -0.05) is 60.7 Å². The summed E-state index contributed by atoms with van der Waals surface area (Å²) in [5.41, 5.74) is 5.58. The van der Waals surface area contributed by atoms with Crippen molar-refractivity contribution >= 4 is 22.7 Å². The van der Waals surface area contributed by atoms with Gasteiger partial charge >= 0.3 is 6.09 Å². The Morgan fingerprint density at radius 1 is 0.811 bits per heavy atom. The minimum Gasteiger partial charge on any atom is -0.473 e. The molecule has 0 radical (unpaired) electrons. The van der Waals surface area contributed by atoms with E-state index in [9.17, 15) is 4.79 Å². The number of piperazine rings is 1. The molecular weight excluding hydrogens is 665 g/mol. The maximum atomic E-state index is 12.6. The normalized spacial score (nSPS) is 16.5. The molecule has 3 aromatic carbocycles. The second kappa shape index (κ2) is 15.9. The van der Waals surface area contributed by atoms with Crippen LogP contribution in [0.3, 0.4) is 0 Å². The van der Waals surface area contributed by atoms with Crippen LogP contribution in [0.2, 0.25) is 0 Å². The molecule has 4 heterocycles. The van der Waals surface area contributed by atoms with Gasteiger partial charge < -0.3 is 24.0 Å². The SMILES string of the molecule is C[C@@H](C1CCN(C(=O)OC(C)(C)C)CC1)N1CCN(c2ccc3c(-c4ccc(OCc5ccccc5)nc4OCc4ccccc4)nn(C)c3c2)CC1. The lowest BCUT2D eigenvalue weighted by molar-refractivity contribution is 0.0133. The number of aromatic nitrogens is 3. The number of rotatable bonds is 10. The Bertz CT molecular complexity index is 1980. The van der Waals surface area contributed by atoms with Crippen molar-refractivity contribution in [1.82, 2.24) is 24.6 Å². The molecular formula is C43H52N6O4. The van der Waals surface area contributed by atoms with Gasteiger partial charge in [0.2, 0.25) is 11.8 Å². The molecule has 0 aliphatic carbocycles. The van der Waals surface area contributed by atoms with Crippen molar-refractivity contribution in [1.29, 1.82) is 0 Å². The first-order chi connectivity index (χ1) is 25.6. The summed E-state index contributed by atoms with van der Waals surface area (Å²) in [6, 6.07) is 31.2. The van der Waals surface area contributed by atoms with Crippen molar-refractivity contribution in [3.63, 3.8) is 0 Å². The highest BCUT2D eigenvalue weighted by Gasteiger charge is 2.32. The number of ether oxygens (including phenoxy) is 3. The van der Waals surface area contributed by atoms with Gasteiger partial charge in [-0.3, -0.25) is 9.58 Å². The number of nitrogens with zero attached hydrogens (tertiary/aromatic N) is 6. The monoisotopic (exact) mass is 716 g/mol. The summed E-state index contributed by atoms with van der Waals surface area (Å²) in [6.45, 7) is 14.4. The van der Waals surface area contributed by atoms with Crippen LogP contribution in [-0.2, 0) is 25.0 Å². The van der Waals surface area contributed by atoms with Crippen LogP contribution in [0.15, 0.2) is 91.0 Å². The summed E-state index contributed by atoms with van der Waals surface area (Å²) in [7, 11) is 2.00. The van der Waals surface area contributed by atoms with Gasteiger partial charge in [-0.05, 0) is 81.8 Å². The zero-order chi connectivity index (χ0) is 37.0. The van der Waals surface area contributed by atoms with E-state index in [1.165, 1.54) is 5.69 Å². The zero-order valence-electron chi connectivity index (χ0n) is 31.7. The molecule has 10 heteroatoms. The maximum Gasteiger partial charge on any atom is 0.410 e. The molecule has 1 amide bonds. The Hall–Kier alpha value is -5.09. The second-order valence-corrected chi connectivity index (χ2v) is 15.3. The summed E-state index contributed by atoms with van der Waals surface area (Å²) >= 11 is 0. The molecule has 10 nitrogen and oxygen atoms in total. The predicted molar refractivity (Wildman–Crippen MR) is 209 cm³/mol. The number of pyridine rings is 1. The molecule has 2 saturated heterocycles. The summed E-state index contributed by atoms with van der Waals surface area (Å²) in [4.78, 5) is 24.4. The fourth-order valence-corrected chi connectivity index (χ4v) is 7.47. The number of hydrogen-bond acceptors (Lipinski definition) is 8. The summed E-state index contributed by atoms with van der Waals surface area (Å²) < 4.78 is 20.0. The number of benzene rings is 3. The first-order valence-corrected chi connectivity index (χ1v) is 18.9. The average molecular weight is 717 g/mol. The molecule has 0 bridgehead atoms. The third-order valence-electron chi connectivity index (χ3n) is 10.5. The van der Waals surface area contributed by atoms with Crippen LogP contribution in [0.4, 0.5) is 10.5 Å². The Morgan fingerprint density at radius 2 is 1.45 bits per heavy atom. The van der Waals surface area contributed by atoms with E-state index >= 15 is 0 Å². The fourth-order valence-electron chi connectivity index (χ4n) is 7.47. The zero-order valence-corrected chi connectivity index (χ0v) is 31.7. The molecule has 5 aromatic rings. The molecule has 0 N–H and O–H groups in total. The van der Waals surface area contributed by atoms with Crippen molar-refractivity contribution in [2.45, 2.75) is 65.4 Å². The molecule has 2 aromatic heterocycles. The predicted octanol–water partition coefficient (Wildman–Crippen LogP) is 7.95. The van der Waals surface area contributed by atoms with Crippen LogP contribution in [-0.4, -0.2) is 81.6 Å². The van der Waals surface area contributed by atoms with Crippen LogP contribution in [0.5, 0.6) is 11.8 Å². The smallest absolute Gasteiger partial charge is 0.410 e. The van der Waals surface area contributed by atoms with E-state index < -0.39 is 5.60 Å². The number of piperidine rings is 1. The molecule has 0 spiro atoms. The minimum atomic E-state index is -0.464. The van der Waals surface area contributed by atoms with Crippen molar-refractivity contribution in [3.05, 3.63) is 102 Å². The third kappa shape index (κ3) is 8.76. The van der Waals surface area contributed by atoms with E-state index in [0.717, 1.165) is 85.4 Å². The number of carbonyl (C=O) groups is 1. The minimum absolute atomic E-state index is 0.190. The van der Waals surface area contributed by atoms with Gasteiger partial charge in [0.1, 0.15) is 24.5 Å². The van der Waals surface area contributed by atoms with Crippen molar-refractivity contribution < 1.29 is 19.0 Å². The average Bonchev–Trinajstić information content (AvgIpc) is 3.51. The van der Waals surface area contributed by atoms with Gasteiger partial charge in [-0.25, -0.2) is 4.79 Å². The number of anilines is 1. The highest BCUT2D eigenvalue weighted by atomic mass is 16.6. The second-order valence-electron chi connectivity index (χ2n) is 15.3. The lowest BCUT2D eigenvalue weighted by Crippen LogP contribution is -2.53. The van der Waals surface area contributed by atoms with Gasteiger partial charge in [-0.15, -0.1) is 0 Å². The van der Waals surface area contributed by atoms with Crippen LogP contribution < -0.4 is 14.4 Å². The van der Waals surface area contributed by atoms with Crippen LogP contribution >= 0.6 is 0 Å². The molecule has 278 valence electrons. The van der Waals surface area contributed by atoms with Crippen LogP contribution in [0, 0.1) is 5.92 Å². The number of hydrogen-bond donors (Lipinski definition) is 0. The standard InChI is InChI=1S/C43H52N6O4/c1-31(34-20-22-49(23-21-34)42(50)53-43(2,3)4)47-24-26-48(27-25-47)35-16-17-36-38(28-35)46(5)45-40(36)37-18-19-39(51-29-32-12-8-6-9-13-32)44-41(37)52-30-33-14-10-7-11-15-33/h6-19,28,31,34H,20-27,29-30H2,1-5H3/t31-/m0/s1. The van der Waals surface area contributed by atoms with Gasteiger partial charge in [0.05, 0.1) is 11.1 Å². The Labute approximate surface area is 313 Å². The van der Waals surface area contributed by atoms with E-state index in [1.54, 1.807) is 0 Å². The number of aryl methyl sites for hydroxylation is 1. The third-order valence-corrected chi connectivity index (χ3v) is 10.5. The van der Waals surface area contributed by atoms with Crippen molar-refractivity contribution in [2.75, 3.05) is 44.2 Å². The molecule has 2 fully saturated rings. The number of carbonyl (C=O) groups excluding carboxylic acids is 1. The molecule has 2 aliphatic rings. The number of amides is 1. The van der Waals surface area contributed by atoms with E-state index in [0.29, 0.717) is 36.9 Å². The number of fused-ring (bicyclic) bond motifs is 1. The summed E-state index contributed by atoms with van der Waals surface area (Å²) in [6.07, 6.45) is 1.83. The molecule has 53 heavy (non-hydrogen) atoms.